The Morgan fingerprint density at radius 3 is 1.21 bits per heavy atom. The van der Waals surface area contributed by atoms with Gasteiger partial charge in [0.15, 0.2) is 11.2 Å². The van der Waals surface area contributed by atoms with E-state index in [1.54, 1.807) is 14.0 Å². The molecule has 10 aromatic rings. The molecule has 6 fully saturated rings. The van der Waals surface area contributed by atoms with Gasteiger partial charge >= 0.3 is 23.9 Å². The molecule has 0 amide bonds. The van der Waals surface area contributed by atoms with Crippen molar-refractivity contribution in [2.75, 3.05) is 165 Å². The molecule has 137 heavy (non-hydrogen) atoms. The van der Waals surface area contributed by atoms with Crippen molar-refractivity contribution < 1.29 is 85.8 Å². The largest absolute Gasteiger partial charge is 0.495 e. The zero-order valence-corrected chi connectivity index (χ0v) is 80.4. The Balaban J connectivity index is 0.439. The molecule has 4 saturated heterocycles. The Morgan fingerprint density at radius 1 is 0.409 bits per heavy atom. The van der Waals surface area contributed by atoms with Gasteiger partial charge in [-0.3, -0.25) is 19.3 Å². The molecule has 6 aliphatic heterocycles. The summed E-state index contributed by atoms with van der Waals surface area (Å²) in [6.07, 6.45) is 20.8. The number of esters is 3. The van der Waals surface area contributed by atoms with Gasteiger partial charge in [-0.1, -0.05) is 163 Å². The zero-order chi connectivity index (χ0) is 94.1. The van der Waals surface area contributed by atoms with Crippen LogP contribution in [0.1, 0.15) is 199 Å². The number of morpholine rings is 4. The van der Waals surface area contributed by atoms with Gasteiger partial charge in [0.05, 0.1) is 91.3 Å². The average molecular weight is 1850 g/mol. The van der Waals surface area contributed by atoms with E-state index in [1.807, 2.05) is 36.4 Å². The standard InChI is InChI=1S/C115H128N4O18/c1-8-110(9-2)44-48-112(49-45-110)95-18-14-12-16-87(95)104-91-73-97(118-56-64-127-65-57-118)77(5)72-93(91)108-89(106(104)112)40-42-114(135-108,79-20-28-83(29-21-79)116-52-60-125-61-53-116)81-24-32-85(33-25-81)130-69-71-132-101(121)37-39-103(123)137-133-76-78(6)134-102(122)38-36-100(120)131-70-68-129-86-34-26-82(27-35-86)115(80-22-30-84(31-23-80)117-54-62-126-63-55-117)43-41-90-107-105(88-17-13-15-19-96(88)113(107)50-46-111(10-3,11-4)47-51-113)92-74-98(119-58-66-128-67-59-119)99(124-7)75-94(92)109(90)136-115/h12-35,40-43,72-75,78H,8-11,36-39,44-71,76H2,1-7H3. The second-order valence-corrected chi connectivity index (χ2v) is 39.0. The zero-order valence-electron chi connectivity index (χ0n) is 80.4. The first-order chi connectivity index (χ1) is 66.9. The third-order valence-electron chi connectivity index (χ3n) is 32.1. The molecule has 4 aliphatic carbocycles. The van der Waals surface area contributed by atoms with Crippen LogP contribution in [0, 0.1) is 17.8 Å². The van der Waals surface area contributed by atoms with Crippen molar-refractivity contribution in [3.8, 4) is 51.0 Å². The summed E-state index contributed by atoms with van der Waals surface area (Å²) in [5.74, 6) is 0.898. The molecule has 20 rings (SSSR count). The fourth-order valence-electron chi connectivity index (χ4n) is 24.0. The van der Waals surface area contributed by atoms with Crippen molar-refractivity contribution in [1.29, 1.82) is 0 Å². The SMILES string of the molecule is CCC1(CC)CCC2(CC1)c1ccccc1-c1c2c2c(c3cc(C)c(N4CCOCC4)cc13)OC(c1ccc(OCCOC(=O)CCC(=O)OOCC(C)OC(=O)CCC(=O)OCCOc3ccc(C4(c5ccc(N6CCOCC6)cc5)C=Cc5c6c(c7cc(N8CCOCC8)c(OC)cc7c5O4)-c4ccccc4C64CCC(CC)(CC)CC4)cc3)cc1)(c1ccc(N3CCOCC3)cc1)C=C2. The lowest BCUT2D eigenvalue weighted by molar-refractivity contribution is -0.281. The van der Waals surface area contributed by atoms with Crippen LogP contribution >= 0.6 is 0 Å². The van der Waals surface area contributed by atoms with Crippen molar-refractivity contribution in [1.82, 2.24) is 0 Å². The molecule has 10 aliphatic rings. The van der Waals surface area contributed by atoms with Crippen LogP contribution in [0.2, 0.25) is 0 Å². The Kier molecular flexibility index (Phi) is 26.8. The fraction of sp³-hybridized carbons (Fsp3) is 0.443. The number of carbonyl (C=O) groups is 4. The maximum Gasteiger partial charge on any atom is 0.342 e. The van der Waals surface area contributed by atoms with Gasteiger partial charge in [0.1, 0.15) is 67.9 Å². The van der Waals surface area contributed by atoms with Gasteiger partial charge in [0.25, 0.3) is 0 Å². The molecule has 22 heteroatoms. The number of ether oxygens (including phenoxy) is 12. The molecule has 0 radical (unpaired) electrons. The van der Waals surface area contributed by atoms with E-state index < -0.39 is 41.2 Å². The summed E-state index contributed by atoms with van der Waals surface area (Å²) in [6, 6.07) is 61.3. The average Bonchev–Trinajstić information content (AvgIpc) is 1.52. The van der Waals surface area contributed by atoms with Crippen molar-refractivity contribution in [2.24, 2.45) is 10.8 Å². The quantitative estimate of drug-likeness (QED) is 0.0130. The summed E-state index contributed by atoms with van der Waals surface area (Å²) in [5, 5.41) is 4.43. The lowest BCUT2D eigenvalue weighted by Crippen LogP contribution is -2.38. The number of anilines is 4. The maximum absolute atomic E-state index is 13.1. The maximum atomic E-state index is 13.1. The van der Waals surface area contributed by atoms with E-state index in [9.17, 15) is 19.2 Å². The molecule has 22 nitrogen and oxygen atoms in total. The highest BCUT2D eigenvalue weighted by molar-refractivity contribution is 6.12. The smallest absolute Gasteiger partial charge is 0.342 e. The minimum atomic E-state index is -1.10. The van der Waals surface area contributed by atoms with Gasteiger partial charge < -0.3 is 76.4 Å². The van der Waals surface area contributed by atoms with Crippen LogP contribution in [-0.4, -0.2) is 175 Å². The Labute approximate surface area is 803 Å². The van der Waals surface area contributed by atoms with Crippen LogP contribution < -0.4 is 43.3 Å². The van der Waals surface area contributed by atoms with Crippen molar-refractivity contribution in [3.63, 3.8) is 0 Å². The van der Waals surface area contributed by atoms with Crippen LogP contribution in [0.25, 0.3) is 56.0 Å². The first kappa shape index (κ1) is 92.8. The highest BCUT2D eigenvalue weighted by Gasteiger charge is 2.55. The summed E-state index contributed by atoms with van der Waals surface area (Å²) in [6.45, 7) is 24.7. The molecular formula is C115H128N4O18. The number of fused-ring (bicyclic) bond motifs is 20. The molecule has 3 unspecified atom stereocenters. The predicted molar refractivity (Wildman–Crippen MR) is 532 cm³/mol. The number of methoxy groups -OCH3 is 1. The van der Waals surface area contributed by atoms with Gasteiger partial charge in [-0.2, -0.15) is 4.89 Å². The lowest BCUT2D eigenvalue weighted by atomic mass is 9.58. The van der Waals surface area contributed by atoms with E-state index in [0.717, 1.165) is 200 Å². The number of benzene rings is 10. The number of aryl methyl sites for hydroxylation is 1. The van der Waals surface area contributed by atoms with E-state index in [1.165, 1.54) is 74.0 Å². The minimum absolute atomic E-state index is 0.0512. The molecule has 2 saturated carbocycles. The third kappa shape index (κ3) is 17.6. The van der Waals surface area contributed by atoms with Gasteiger partial charge in [-0.15, -0.1) is 0 Å². The topological polar surface area (TPSA) is 210 Å². The van der Waals surface area contributed by atoms with E-state index >= 15 is 0 Å². The van der Waals surface area contributed by atoms with Gasteiger partial charge in [0, 0.05) is 124 Å². The van der Waals surface area contributed by atoms with Crippen LogP contribution in [-0.2, 0) is 84.1 Å². The van der Waals surface area contributed by atoms with Crippen LogP contribution in [0.3, 0.4) is 0 Å². The number of hydrogen-bond donors (Lipinski definition) is 0. The fourth-order valence-corrected chi connectivity index (χ4v) is 24.0. The lowest BCUT2D eigenvalue weighted by Gasteiger charge is -2.47. The van der Waals surface area contributed by atoms with Crippen molar-refractivity contribution in [2.45, 2.75) is 172 Å². The molecule has 0 bridgehead atoms. The summed E-state index contributed by atoms with van der Waals surface area (Å²) in [7, 11) is 1.76. The van der Waals surface area contributed by atoms with E-state index in [0.29, 0.717) is 75.2 Å². The number of nitrogens with zero attached hydrogens (tertiary/aromatic N) is 4. The first-order valence-electron chi connectivity index (χ1n) is 50.1. The summed E-state index contributed by atoms with van der Waals surface area (Å²) < 4.78 is 74.6. The second-order valence-electron chi connectivity index (χ2n) is 39.0. The normalized spacial score (nSPS) is 20.3. The molecule has 716 valence electrons. The molecule has 0 N–H and O–H groups in total. The second kappa shape index (κ2) is 39.5. The van der Waals surface area contributed by atoms with Gasteiger partial charge in [-0.25, -0.2) is 4.79 Å². The van der Waals surface area contributed by atoms with Crippen molar-refractivity contribution >= 4 is 80.3 Å². The summed E-state index contributed by atoms with van der Waals surface area (Å²) >= 11 is 0. The molecule has 10 aromatic carbocycles. The number of hydrogen-bond acceptors (Lipinski definition) is 22. The molecule has 2 spiro atoms. The monoisotopic (exact) mass is 1850 g/mol. The highest BCUT2D eigenvalue weighted by Crippen LogP contribution is 2.68. The Morgan fingerprint density at radius 2 is 0.788 bits per heavy atom. The molecule has 6 heterocycles. The Hall–Kier alpha value is -11.9. The third-order valence-corrected chi connectivity index (χ3v) is 32.1. The Bertz CT molecular complexity index is 6160. The molecule has 3 atom stereocenters. The summed E-state index contributed by atoms with van der Waals surface area (Å²) in [5.41, 5.74) is 20.6. The van der Waals surface area contributed by atoms with Crippen LogP contribution in [0.4, 0.5) is 22.7 Å². The van der Waals surface area contributed by atoms with E-state index in [2.05, 4.69) is 212 Å². The number of rotatable bonds is 31. The molecular weight excluding hydrogens is 1730 g/mol. The van der Waals surface area contributed by atoms with Crippen LogP contribution in [0.15, 0.2) is 182 Å². The highest BCUT2D eigenvalue weighted by atomic mass is 17.2. The van der Waals surface area contributed by atoms with Crippen molar-refractivity contribution in [3.05, 3.63) is 243 Å². The van der Waals surface area contributed by atoms with Gasteiger partial charge in [0.2, 0.25) is 0 Å². The summed E-state index contributed by atoms with van der Waals surface area (Å²) in [4.78, 5) is 71.5. The first-order valence-corrected chi connectivity index (χ1v) is 50.1. The minimum Gasteiger partial charge on any atom is -0.495 e. The number of carbonyl (C=O) groups excluding carboxylic acids is 4. The predicted octanol–water partition coefficient (Wildman–Crippen LogP) is 21.2. The van der Waals surface area contributed by atoms with Crippen LogP contribution in [0.5, 0.6) is 28.7 Å². The van der Waals surface area contributed by atoms with E-state index in [-0.39, 0.29) is 69.5 Å². The van der Waals surface area contributed by atoms with E-state index in [4.69, 9.17) is 66.6 Å². The van der Waals surface area contributed by atoms with Gasteiger partial charge in [-0.05, 0) is 222 Å². The molecule has 0 aromatic heterocycles.